The van der Waals surface area contributed by atoms with Crippen LogP contribution < -0.4 is 0 Å². The number of nitrogens with one attached hydrogen (secondary N) is 1. The highest BCUT2D eigenvalue weighted by atomic mass is 19.4. The van der Waals surface area contributed by atoms with E-state index in [4.69, 9.17) is 0 Å². The Morgan fingerprint density at radius 1 is 1.24 bits per heavy atom. The van der Waals surface area contributed by atoms with Gasteiger partial charge < -0.3 is 0 Å². The highest BCUT2D eigenvalue weighted by Gasteiger charge is 2.37. The molecule has 90 valence electrons. The van der Waals surface area contributed by atoms with Crippen molar-refractivity contribution in [2.75, 3.05) is 0 Å². The smallest absolute Gasteiger partial charge is 0.282 e. The van der Waals surface area contributed by atoms with Gasteiger partial charge in [-0.15, -0.1) is 0 Å². The molecule has 0 unspecified atom stereocenters. The van der Waals surface area contributed by atoms with Gasteiger partial charge in [0.1, 0.15) is 5.82 Å². The topological polar surface area (TPSA) is 28.7 Å². The zero-order chi connectivity index (χ0) is 12.6. The van der Waals surface area contributed by atoms with Crippen LogP contribution in [-0.4, -0.2) is 10.2 Å². The van der Waals surface area contributed by atoms with Crippen molar-refractivity contribution < 1.29 is 17.6 Å². The van der Waals surface area contributed by atoms with Crippen LogP contribution >= 0.6 is 0 Å². The molecule has 0 saturated heterocycles. The molecule has 2 nitrogen and oxygen atoms in total. The van der Waals surface area contributed by atoms with Crippen LogP contribution in [-0.2, 0) is 6.18 Å². The predicted octanol–water partition coefficient (Wildman–Crippen LogP) is 3.54. The lowest BCUT2D eigenvalue weighted by molar-refractivity contribution is -0.140. The highest BCUT2D eigenvalue weighted by Crippen LogP contribution is 2.37. The Morgan fingerprint density at radius 2 is 1.94 bits per heavy atom. The zero-order valence-corrected chi connectivity index (χ0v) is 8.77. The molecule has 0 saturated carbocycles. The third kappa shape index (κ3) is 2.15. The number of halogens is 4. The summed E-state index contributed by atoms with van der Waals surface area (Å²) in [5.74, 6) is -0.587. The molecular formula is C11H8F4N2. The highest BCUT2D eigenvalue weighted by molar-refractivity contribution is 5.69. The van der Waals surface area contributed by atoms with E-state index in [2.05, 4.69) is 10.2 Å². The Bertz CT molecular complexity index is 543. The first-order valence-corrected chi connectivity index (χ1v) is 4.77. The molecule has 2 rings (SSSR count). The maximum Gasteiger partial charge on any atom is 0.435 e. The molecule has 0 aliphatic carbocycles. The number of H-pyrrole nitrogens is 1. The number of nitrogens with zero attached hydrogens (tertiary/aromatic N) is 1. The van der Waals surface area contributed by atoms with Gasteiger partial charge in [0, 0.05) is 11.3 Å². The first kappa shape index (κ1) is 11.6. The number of hydrogen-bond acceptors (Lipinski definition) is 1. The second-order valence-electron chi connectivity index (χ2n) is 3.58. The zero-order valence-electron chi connectivity index (χ0n) is 8.77. The van der Waals surface area contributed by atoms with Crippen molar-refractivity contribution in [2.24, 2.45) is 0 Å². The standard InChI is InChI=1S/C11H8F4N2/c1-6-9(7-3-2-4-8(12)5-7)10(17-16-6)11(13,14)15/h2-5H,1H3,(H,16,17). The molecule has 1 N–H and O–H groups in total. The molecule has 0 atom stereocenters. The maximum atomic E-state index is 13.0. The fourth-order valence-corrected chi connectivity index (χ4v) is 1.63. The summed E-state index contributed by atoms with van der Waals surface area (Å²) in [6, 6.07) is 4.99. The predicted molar refractivity (Wildman–Crippen MR) is 53.7 cm³/mol. The molecule has 0 spiro atoms. The molecule has 1 aromatic carbocycles. The third-order valence-corrected chi connectivity index (χ3v) is 2.33. The summed E-state index contributed by atoms with van der Waals surface area (Å²) in [6.45, 7) is 1.46. The van der Waals surface area contributed by atoms with Crippen molar-refractivity contribution in [3.05, 3.63) is 41.5 Å². The Kier molecular flexibility index (Phi) is 2.65. The first-order valence-electron chi connectivity index (χ1n) is 4.77. The number of hydrogen-bond donors (Lipinski definition) is 1. The first-order chi connectivity index (χ1) is 7.89. The summed E-state index contributed by atoms with van der Waals surface area (Å²) in [6.07, 6.45) is -4.56. The summed E-state index contributed by atoms with van der Waals surface area (Å²) in [5.41, 5.74) is -0.732. The van der Waals surface area contributed by atoms with Gasteiger partial charge in [0.25, 0.3) is 0 Å². The van der Waals surface area contributed by atoms with Gasteiger partial charge in [0.15, 0.2) is 5.69 Å². The van der Waals surface area contributed by atoms with E-state index in [1.54, 1.807) is 0 Å². The Balaban J connectivity index is 2.63. The van der Waals surface area contributed by atoms with Crippen LogP contribution in [0.1, 0.15) is 11.4 Å². The van der Waals surface area contributed by atoms with Gasteiger partial charge in [0.2, 0.25) is 0 Å². The Hall–Kier alpha value is -1.85. The molecule has 1 aromatic heterocycles. The number of rotatable bonds is 1. The fourth-order valence-electron chi connectivity index (χ4n) is 1.63. The monoisotopic (exact) mass is 244 g/mol. The lowest BCUT2D eigenvalue weighted by Gasteiger charge is -2.07. The molecule has 2 aromatic rings. The molecule has 0 bridgehead atoms. The number of aromatic nitrogens is 2. The van der Waals surface area contributed by atoms with E-state index in [1.165, 1.54) is 25.1 Å². The molecular weight excluding hydrogens is 236 g/mol. The lowest BCUT2D eigenvalue weighted by Crippen LogP contribution is -2.07. The lowest BCUT2D eigenvalue weighted by atomic mass is 10.0. The van der Waals surface area contributed by atoms with Crippen LogP contribution in [0.2, 0.25) is 0 Å². The summed E-state index contributed by atoms with van der Waals surface area (Å²) in [5, 5.41) is 5.49. The van der Waals surface area contributed by atoms with Gasteiger partial charge in [-0.1, -0.05) is 12.1 Å². The molecule has 0 fully saturated rings. The number of benzene rings is 1. The van der Waals surface area contributed by atoms with Crippen LogP contribution in [0, 0.1) is 12.7 Å². The molecule has 0 aliphatic heterocycles. The fraction of sp³-hybridized carbons (Fsp3) is 0.182. The third-order valence-electron chi connectivity index (χ3n) is 2.33. The van der Waals surface area contributed by atoms with E-state index in [1.807, 2.05) is 0 Å². The summed E-state index contributed by atoms with van der Waals surface area (Å²) >= 11 is 0. The largest absolute Gasteiger partial charge is 0.435 e. The van der Waals surface area contributed by atoms with E-state index in [-0.39, 0.29) is 16.8 Å². The van der Waals surface area contributed by atoms with Crippen molar-refractivity contribution in [1.82, 2.24) is 10.2 Å². The van der Waals surface area contributed by atoms with E-state index in [0.29, 0.717) is 0 Å². The van der Waals surface area contributed by atoms with Crippen molar-refractivity contribution in [2.45, 2.75) is 13.1 Å². The molecule has 17 heavy (non-hydrogen) atoms. The van der Waals surface area contributed by atoms with Gasteiger partial charge in [-0.25, -0.2) is 4.39 Å². The van der Waals surface area contributed by atoms with Crippen LogP contribution in [0.15, 0.2) is 24.3 Å². The molecule has 6 heteroatoms. The van der Waals surface area contributed by atoms with Crippen molar-refractivity contribution in [1.29, 1.82) is 0 Å². The van der Waals surface area contributed by atoms with E-state index in [9.17, 15) is 17.6 Å². The van der Waals surface area contributed by atoms with Gasteiger partial charge in [0.05, 0.1) is 0 Å². The second kappa shape index (κ2) is 3.87. The normalized spacial score (nSPS) is 11.8. The van der Waals surface area contributed by atoms with Gasteiger partial charge in [-0.3, -0.25) is 5.10 Å². The Morgan fingerprint density at radius 3 is 2.53 bits per heavy atom. The van der Waals surface area contributed by atoms with Crippen molar-refractivity contribution in [3.63, 3.8) is 0 Å². The van der Waals surface area contributed by atoms with E-state index >= 15 is 0 Å². The molecule has 0 aliphatic rings. The average Bonchev–Trinajstić information content (AvgIpc) is 2.59. The molecule has 0 amide bonds. The van der Waals surface area contributed by atoms with Crippen molar-refractivity contribution >= 4 is 0 Å². The van der Waals surface area contributed by atoms with Crippen LogP contribution in [0.25, 0.3) is 11.1 Å². The average molecular weight is 244 g/mol. The minimum absolute atomic E-state index is 0.114. The quantitative estimate of drug-likeness (QED) is 0.763. The summed E-state index contributed by atoms with van der Waals surface area (Å²) in [7, 11) is 0. The van der Waals surface area contributed by atoms with Gasteiger partial charge >= 0.3 is 6.18 Å². The number of alkyl halides is 3. The summed E-state index contributed by atoms with van der Waals surface area (Å²) < 4.78 is 51.0. The van der Waals surface area contributed by atoms with Crippen molar-refractivity contribution in [3.8, 4) is 11.1 Å². The van der Waals surface area contributed by atoms with E-state index < -0.39 is 17.7 Å². The molecule has 1 heterocycles. The van der Waals surface area contributed by atoms with Crippen LogP contribution in [0.5, 0.6) is 0 Å². The molecule has 0 radical (unpaired) electrons. The Labute approximate surface area is 94.3 Å². The number of aromatic amines is 1. The van der Waals surface area contributed by atoms with E-state index in [0.717, 1.165) is 6.07 Å². The SMILES string of the molecule is Cc1[nH]nc(C(F)(F)F)c1-c1cccc(F)c1. The van der Waals surface area contributed by atoms with Crippen LogP contribution in [0.4, 0.5) is 17.6 Å². The van der Waals surface area contributed by atoms with Crippen LogP contribution in [0.3, 0.4) is 0 Å². The maximum absolute atomic E-state index is 13.0. The van der Waals surface area contributed by atoms with Gasteiger partial charge in [-0.2, -0.15) is 18.3 Å². The minimum Gasteiger partial charge on any atom is -0.282 e. The number of aryl methyl sites for hydroxylation is 1. The van der Waals surface area contributed by atoms with Gasteiger partial charge in [-0.05, 0) is 24.6 Å². The second-order valence-corrected chi connectivity index (χ2v) is 3.58. The summed E-state index contributed by atoms with van der Waals surface area (Å²) in [4.78, 5) is 0. The minimum atomic E-state index is -4.56.